The van der Waals surface area contributed by atoms with Gasteiger partial charge in [0.25, 0.3) is 0 Å². The number of hydrogen-bond acceptors (Lipinski definition) is 4. The van der Waals surface area contributed by atoms with Crippen molar-refractivity contribution in [3.05, 3.63) is 496 Å². The number of rotatable bonds is 10. The quantitative estimate of drug-likeness (QED) is 0.128. The van der Waals surface area contributed by atoms with Crippen molar-refractivity contribution in [1.82, 2.24) is 0 Å². The monoisotopic (exact) mass is 1770 g/mol. The fourth-order valence-corrected chi connectivity index (χ4v) is 23.0. The van der Waals surface area contributed by atoms with Gasteiger partial charge in [-0.05, 0) is 242 Å². The molecule has 0 radical (unpaired) electrons. The van der Waals surface area contributed by atoms with Crippen LogP contribution in [0.4, 0.5) is 0 Å². The van der Waals surface area contributed by atoms with Crippen molar-refractivity contribution in [3.8, 4) is 122 Å². The molecule has 4 aromatic heterocycles. The highest BCUT2D eigenvalue weighted by Crippen LogP contribution is 2.56. The van der Waals surface area contributed by atoms with Crippen molar-refractivity contribution < 1.29 is 17.7 Å². The molecule has 0 aliphatic heterocycles. The summed E-state index contributed by atoms with van der Waals surface area (Å²) in [5, 5.41) is 24.0. The number of hydrogen-bond donors (Lipinski definition) is 0. The van der Waals surface area contributed by atoms with Gasteiger partial charge < -0.3 is 17.7 Å². The maximum atomic E-state index is 6.85. The number of para-hydroxylation sites is 4. The molecule has 0 spiro atoms. The summed E-state index contributed by atoms with van der Waals surface area (Å²) >= 11 is 0. The Morgan fingerprint density at radius 2 is 0.374 bits per heavy atom. The first kappa shape index (κ1) is 80.7. The molecule has 0 bridgehead atoms. The van der Waals surface area contributed by atoms with Gasteiger partial charge in [0.05, 0.1) is 0 Å². The number of furan rings is 4. The second-order valence-corrected chi connectivity index (χ2v) is 37.2. The van der Waals surface area contributed by atoms with E-state index in [1.54, 1.807) is 0 Å². The van der Waals surface area contributed by atoms with Gasteiger partial charge in [-0.25, -0.2) is 0 Å². The van der Waals surface area contributed by atoms with Gasteiger partial charge in [0.2, 0.25) is 0 Å². The second kappa shape index (κ2) is 32.7. The Kier molecular flexibility index (Phi) is 19.0. The molecule has 0 N–H and O–H groups in total. The lowest BCUT2D eigenvalue weighted by Crippen LogP contribution is -2.14. The van der Waals surface area contributed by atoms with Gasteiger partial charge in [-0.15, -0.1) is 0 Å². The van der Waals surface area contributed by atoms with Crippen LogP contribution in [0.2, 0.25) is 0 Å². The minimum Gasteiger partial charge on any atom is -0.456 e. The number of benzene rings is 24. The lowest BCUT2D eigenvalue weighted by atomic mass is 9.81. The predicted molar refractivity (Wildman–Crippen MR) is 585 cm³/mol. The largest absolute Gasteiger partial charge is 0.456 e. The van der Waals surface area contributed by atoms with Crippen LogP contribution in [0.5, 0.6) is 0 Å². The SMILES string of the molecule is CC1(C)c2ccccc2-c2ccc(-c3ccc(-c4c5ccccc5c(-c5ccccc5)c5ccccc45)c4c3oc3ccccc34)cc21.c1ccc(-c2c3ccccc3c(-c3ccc(-c4ccc5oc6ccccc6c5c4)c4oc5ccccc5c34)c3ccccc23)cc1.c1ccc(-c2ccc(-c3ccc(-c4c5ccccc5c(-c5ccccc5)c5ccccc45)c4c3oc3ccccc34)cc2)cc1. The molecule has 650 valence electrons. The lowest BCUT2D eigenvalue weighted by Gasteiger charge is -2.22. The minimum absolute atomic E-state index is 0.0762. The summed E-state index contributed by atoms with van der Waals surface area (Å²) in [7, 11) is 0. The van der Waals surface area contributed by atoms with Crippen LogP contribution in [0, 0.1) is 0 Å². The Morgan fingerprint density at radius 1 is 0.137 bits per heavy atom. The Labute approximate surface area is 802 Å². The van der Waals surface area contributed by atoms with Gasteiger partial charge in [0.1, 0.15) is 44.7 Å². The molecule has 0 saturated carbocycles. The molecule has 24 aromatic carbocycles. The zero-order valence-electron chi connectivity index (χ0n) is 76.3. The van der Waals surface area contributed by atoms with Gasteiger partial charge >= 0.3 is 0 Å². The standard InChI is InChI=1S/C47H32O.C44H26O2.C44H28O/c1-47(2)40-22-12-10-16-32(40)33-25-24-30(28-41(33)47)31-26-27-39(45-38-21-11-13-23-42(38)48-46(31)45)44-36-19-8-6-17-34(36)43(29-14-4-3-5-15-29)35-18-7-9-20-37(35)44;1-2-12-27(13-3-1)41-31-15-4-6-17-33(31)42(34-18-7-5-16-32(34)41)36-24-23-29(44-43(36)35-19-9-11-21-39(35)46-44)28-22-25-40-37(26-28)30-14-8-10-20-38(30)45-40;1-3-13-29(14-4-1)30-23-25-31(26-24-30)33-27-28-39(43-38-21-11-12-22-40(38)45-44(33)43)42-36-19-9-7-17-34(36)41(32-15-5-2-6-16-32)35-18-8-10-20-37(35)42/h3-28H,1-2H3;1-26H;1-28H. The van der Waals surface area contributed by atoms with Crippen LogP contribution in [0.25, 0.3) is 275 Å². The molecule has 28 aromatic rings. The average Bonchev–Trinajstić information content (AvgIpc) is 1.68. The summed E-state index contributed by atoms with van der Waals surface area (Å²) in [5.41, 5.74) is 36.4. The van der Waals surface area contributed by atoms with E-state index in [1.165, 1.54) is 170 Å². The topological polar surface area (TPSA) is 52.6 Å². The molecular weight excluding hydrogens is 1690 g/mol. The first-order chi connectivity index (χ1) is 68.8. The van der Waals surface area contributed by atoms with Crippen molar-refractivity contribution in [3.63, 3.8) is 0 Å². The normalized spacial score (nSPS) is 12.3. The zero-order chi connectivity index (χ0) is 91.9. The second-order valence-electron chi connectivity index (χ2n) is 37.2. The molecule has 0 saturated heterocycles. The molecule has 0 unspecified atom stereocenters. The van der Waals surface area contributed by atoms with Crippen LogP contribution in [0.3, 0.4) is 0 Å². The highest BCUT2D eigenvalue weighted by Gasteiger charge is 2.36. The van der Waals surface area contributed by atoms with Crippen LogP contribution >= 0.6 is 0 Å². The Balaban J connectivity index is 0.000000105. The van der Waals surface area contributed by atoms with Crippen molar-refractivity contribution in [2.24, 2.45) is 0 Å². The first-order valence-corrected chi connectivity index (χ1v) is 47.9. The molecule has 139 heavy (non-hydrogen) atoms. The molecule has 1 aliphatic carbocycles. The Morgan fingerprint density at radius 3 is 0.748 bits per heavy atom. The van der Waals surface area contributed by atoms with E-state index < -0.39 is 0 Å². The molecule has 0 amide bonds. The summed E-state index contributed by atoms with van der Waals surface area (Å²) in [6, 6.07) is 174. The fourth-order valence-electron chi connectivity index (χ4n) is 23.0. The van der Waals surface area contributed by atoms with Crippen LogP contribution in [-0.4, -0.2) is 0 Å². The molecular formula is C135H86O4. The van der Waals surface area contributed by atoms with Gasteiger partial charge in [-0.1, -0.05) is 438 Å². The third-order valence-corrected chi connectivity index (χ3v) is 29.3. The van der Waals surface area contributed by atoms with E-state index in [0.717, 1.165) is 116 Å². The van der Waals surface area contributed by atoms with Crippen LogP contribution in [0.1, 0.15) is 25.0 Å². The van der Waals surface area contributed by atoms with E-state index in [0.29, 0.717) is 0 Å². The van der Waals surface area contributed by atoms with Crippen LogP contribution in [-0.2, 0) is 5.41 Å². The molecule has 4 nitrogen and oxygen atoms in total. The Bertz CT molecular complexity index is 9670. The van der Waals surface area contributed by atoms with E-state index >= 15 is 0 Å². The van der Waals surface area contributed by atoms with Gasteiger partial charge in [-0.2, -0.15) is 0 Å². The maximum Gasteiger partial charge on any atom is 0.143 e. The maximum absolute atomic E-state index is 6.85. The van der Waals surface area contributed by atoms with Gasteiger partial charge in [-0.3, -0.25) is 0 Å². The third-order valence-electron chi connectivity index (χ3n) is 29.3. The molecule has 0 atom stereocenters. The van der Waals surface area contributed by atoms with E-state index in [-0.39, 0.29) is 5.41 Å². The van der Waals surface area contributed by atoms with Gasteiger partial charge in [0.15, 0.2) is 0 Å². The Hall–Kier alpha value is -18.0. The summed E-state index contributed by atoms with van der Waals surface area (Å²) in [6.07, 6.45) is 0. The fraction of sp³-hybridized carbons (Fsp3) is 0.0222. The van der Waals surface area contributed by atoms with E-state index in [4.69, 9.17) is 17.7 Å². The highest BCUT2D eigenvalue weighted by molar-refractivity contribution is 6.31. The molecule has 29 rings (SSSR count). The molecule has 1 aliphatic rings. The number of fused-ring (bicyclic) bond motifs is 21. The highest BCUT2D eigenvalue weighted by atomic mass is 16.3. The smallest absolute Gasteiger partial charge is 0.143 e. The molecule has 4 heteroatoms. The third kappa shape index (κ3) is 13.0. The van der Waals surface area contributed by atoms with E-state index in [9.17, 15) is 0 Å². The van der Waals surface area contributed by atoms with Crippen LogP contribution < -0.4 is 0 Å². The van der Waals surface area contributed by atoms with Crippen molar-refractivity contribution in [2.45, 2.75) is 19.3 Å². The van der Waals surface area contributed by atoms with Crippen molar-refractivity contribution in [1.29, 1.82) is 0 Å². The van der Waals surface area contributed by atoms with Gasteiger partial charge in [0, 0.05) is 65.2 Å². The van der Waals surface area contributed by atoms with E-state index in [2.05, 4.69) is 481 Å². The predicted octanol–water partition coefficient (Wildman–Crippen LogP) is 38.6. The minimum atomic E-state index is -0.0762. The average molecular weight is 1770 g/mol. The van der Waals surface area contributed by atoms with Crippen LogP contribution in [0.15, 0.2) is 503 Å². The summed E-state index contributed by atoms with van der Waals surface area (Å²) in [5.74, 6) is 0. The lowest BCUT2D eigenvalue weighted by molar-refractivity contribution is 0.660. The summed E-state index contributed by atoms with van der Waals surface area (Å²) in [4.78, 5) is 0. The molecule has 4 heterocycles. The summed E-state index contributed by atoms with van der Waals surface area (Å²) < 4.78 is 26.5. The first-order valence-electron chi connectivity index (χ1n) is 47.9. The summed E-state index contributed by atoms with van der Waals surface area (Å²) in [6.45, 7) is 4.69. The van der Waals surface area contributed by atoms with Crippen molar-refractivity contribution in [2.75, 3.05) is 0 Å². The zero-order valence-corrected chi connectivity index (χ0v) is 76.3. The van der Waals surface area contributed by atoms with E-state index in [1.807, 2.05) is 18.2 Å². The van der Waals surface area contributed by atoms with Crippen molar-refractivity contribution >= 4 is 152 Å². The molecule has 0 fully saturated rings.